The first-order valence-corrected chi connectivity index (χ1v) is 5.06. The number of dihydropyridines is 1. The van der Waals surface area contributed by atoms with Crippen LogP contribution in [0.2, 0.25) is 0 Å². The number of primary amides is 1. The number of amides is 1. The van der Waals surface area contributed by atoms with Crippen LogP contribution in [0.3, 0.4) is 0 Å². The molecule has 0 radical (unpaired) electrons. The quantitative estimate of drug-likeness (QED) is 0.753. The Labute approximate surface area is 94.1 Å². The van der Waals surface area contributed by atoms with E-state index in [0.717, 1.165) is 0 Å². The monoisotopic (exact) mass is 230 g/mol. The van der Waals surface area contributed by atoms with Crippen LogP contribution >= 0.6 is 11.6 Å². The molecule has 1 unspecified atom stereocenters. The molecule has 0 aromatic rings. The van der Waals surface area contributed by atoms with Gasteiger partial charge in [0.05, 0.1) is 11.4 Å². The lowest BCUT2D eigenvalue weighted by Gasteiger charge is -2.32. The molecule has 2 N–H and O–H groups in total. The van der Waals surface area contributed by atoms with Crippen molar-refractivity contribution in [3.8, 4) is 0 Å². The van der Waals surface area contributed by atoms with Crippen LogP contribution in [-0.2, 0) is 4.74 Å². The Bertz CT molecular complexity index is 313. The summed E-state index contributed by atoms with van der Waals surface area (Å²) in [6, 6.07) is 0. The number of ether oxygens (including phenoxy) is 1. The number of halogens is 1. The molecule has 1 atom stereocenters. The molecule has 0 saturated heterocycles. The largest absolute Gasteiger partial charge is 0.444 e. The highest BCUT2D eigenvalue weighted by molar-refractivity contribution is 6.26. The first-order valence-electron chi connectivity index (χ1n) is 4.68. The van der Waals surface area contributed by atoms with Crippen molar-refractivity contribution in [2.24, 2.45) is 10.7 Å². The average Bonchev–Trinajstić information content (AvgIpc) is 1.99. The molecule has 0 aromatic carbocycles. The molecule has 1 heterocycles. The van der Waals surface area contributed by atoms with Crippen LogP contribution in [0, 0.1) is 0 Å². The number of nitrogens with zero attached hydrogens (tertiary/aromatic N) is 1. The lowest BCUT2D eigenvalue weighted by Crippen LogP contribution is -2.39. The molecule has 1 amide bonds. The summed E-state index contributed by atoms with van der Waals surface area (Å²) >= 11 is 6.31. The predicted octanol–water partition coefficient (Wildman–Crippen LogP) is 1.87. The van der Waals surface area contributed by atoms with Crippen molar-refractivity contribution in [1.82, 2.24) is 0 Å². The van der Waals surface area contributed by atoms with Gasteiger partial charge in [-0.25, -0.2) is 4.79 Å². The number of rotatable bonds is 3. The molecule has 1 aliphatic heterocycles. The van der Waals surface area contributed by atoms with Gasteiger partial charge in [0.15, 0.2) is 0 Å². The first kappa shape index (κ1) is 12.0. The van der Waals surface area contributed by atoms with Crippen molar-refractivity contribution < 1.29 is 9.53 Å². The van der Waals surface area contributed by atoms with Crippen molar-refractivity contribution in [3.63, 3.8) is 0 Å². The Morgan fingerprint density at radius 2 is 2.40 bits per heavy atom. The maximum Gasteiger partial charge on any atom is 0.405 e. The van der Waals surface area contributed by atoms with Crippen LogP contribution < -0.4 is 5.73 Å². The van der Waals surface area contributed by atoms with E-state index in [4.69, 9.17) is 22.1 Å². The van der Waals surface area contributed by atoms with Gasteiger partial charge in [0.2, 0.25) is 0 Å². The van der Waals surface area contributed by atoms with Gasteiger partial charge in [-0.15, -0.1) is 11.6 Å². The Hall–Kier alpha value is -1.03. The standard InChI is InChI=1S/C10H15ClN2O2/c1-9(2,15-8(12)14)6-10(11)4-3-5-13-7-10/h3-5H,6-7H2,1-2H3,(H2,12,14). The van der Waals surface area contributed by atoms with Gasteiger partial charge in [-0.2, -0.15) is 0 Å². The van der Waals surface area contributed by atoms with Gasteiger partial charge in [-0.05, 0) is 19.9 Å². The molecule has 1 aliphatic rings. The van der Waals surface area contributed by atoms with Crippen molar-refractivity contribution in [2.45, 2.75) is 30.7 Å². The predicted molar refractivity (Wildman–Crippen MR) is 60.4 cm³/mol. The van der Waals surface area contributed by atoms with Gasteiger partial charge in [0.25, 0.3) is 0 Å². The molecule has 5 heteroatoms. The van der Waals surface area contributed by atoms with Gasteiger partial charge in [0, 0.05) is 12.6 Å². The molecule has 0 aliphatic carbocycles. The second-order valence-electron chi connectivity index (χ2n) is 4.24. The van der Waals surface area contributed by atoms with E-state index >= 15 is 0 Å². The molecule has 0 fully saturated rings. The third kappa shape index (κ3) is 3.91. The normalized spacial score (nSPS) is 25.3. The third-order valence-electron chi connectivity index (χ3n) is 2.04. The Kier molecular flexibility index (Phi) is 3.39. The summed E-state index contributed by atoms with van der Waals surface area (Å²) in [7, 11) is 0. The summed E-state index contributed by atoms with van der Waals surface area (Å²) in [6.07, 6.45) is 5.02. The van der Waals surface area contributed by atoms with Crippen LogP contribution in [0.4, 0.5) is 4.79 Å². The number of carbonyl (C=O) groups is 1. The molecule has 0 aromatic heterocycles. The van der Waals surface area contributed by atoms with Crippen LogP contribution in [0.25, 0.3) is 0 Å². The summed E-state index contributed by atoms with van der Waals surface area (Å²) in [5.41, 5.74) is 4.29. The van der Waals surface area contributed by atoms with Crippen LogP contribution in [-0.4, -0.2) is 29.3 Å². The smallest absolute Gasteiger partial charge is 0.405 e. The zero-order valence-corrected chi connectivity index (χ0v) is 9.62. The Morgan fingerprint density at radius 3 is 2.87 bits per heavy atom. The first-order chi connectivity index (χ1) is 6.83. The van der Waals surface area contributed by atoms with E-state index in [-0.39, 0.29) is 0 Å². The Balaban J connectivity index is 2.63. The lowest BCUT2D eigenvalue weighted by atomic mass is 9.91. The highest BCUT2D eigenvalue weighted by atomic mass is 35.5. The summed E-state index contributed by atoms with van der Waals surface area (Å²) in [4.78, 5) is 14.2. The zero-order valence-electron chi connectivity index (χ0n) is 8.87. The van der Waals surface area contributed by atoms with E-state index in [9.17, 15) is 4.79 Å². The fourth-order valence-electron chi connectivity index (χ4n) is 1.66. The molecule has 1 rings (SSSR count). The van der Waals surface area contributed by atoms with Gasteiger partial charge < -0.3 is 10.5 Å². The minimum Gasteiger partial charge on any atom is -0.444 e. The number of carbonyl (C=O) groups excluding carboxylic acids is 1. The van der Waals surface area contributed by atoms with E-state index in [1.54, 1.807) is 26.1 Å². The number of hydrogen-bond donors (Lipinski definition) is 1. The molecule has 0 spiro atoms. The molecule has 0 saturated carbocycles. The summed E-state index contributed by atoms with van der Waals surface area (Å²) in [6.45, 7) is 4.03. The van der Waals surface area contributed by atoms with E-state index in [1.807, 2.05) is 6.08 Å². The molecular weight excluding hydrogens is 216 g/mol. The van der Waals surface area contributed by atoms with Crippen molar-refractivity contribution >= 4 is 23.9 Å². The number of allylic oxidation sites excluding steroid dienone is 1. The van der Waals surface area contributed by atoms with E-state index in [1.165, 1.54) is 0 Å². The highest BCUT2D eigenvalue weighted by Gasteiger charge is 2.35. The molecule has 84 valence electrons. The second kappa shape index (κ2) is 4.23. The average molecular weight is 231 g/mol. The van der Waals surface area contributed by atoms with Gasteiger partial charge >= 0.3 is 6.09 Å². The van der Waals surface area contributed by atoms with Gasteiger partial charge in [-0.3, -0.25) is 4.99 Å². The van der Waals surface area contributed by atoms with Crippen molar-refractivity contribution in [3.05, 3.63) is 12.2 Å². The van der Waals surface area contributed by atoms with Gasteiger partial charge in [-0.1, -0.05) is 6.08 Å². The van der Waals surface area contributed by atoms with E-state index < -0.39 is 16.6 Å². The number of hydrogen-bond acceptors (Lipinski definition) is 3. The summed E-state index contributed by atoms with van der Waals surface area (Å²) in [5.74, 6) is 0. The molecule has 4 nitrogen and oxygen atoms in total. The zero-order chi connectivity index (χ0) is 11.5. The lowest BCUT2D eigenvalue weighted by molar-refractivity contribution is 0.0343. The Morgan fingerprint density at radius 1 is 1.73 bits per heavy atom. The van der Waals surface area contributed by atoms with Crippen LogP contribution in [0.1, 0.15) is 20.3 Å². The minimum absolute atomic E-state index is 0.471. The fraction of sp³-hybridized carbons (Fsp3) is 0.600. The molecule has 0 bridgehead atoms. The maximum absolute atomic E-state index is 10.7. The highest BCUT2D eigenvalue weighted by Crippen LogP contribution is 2.32. The van der Waals surface area contributed by atoms with Gasteiger partial charge in [0.1, 0.15) is 5.60 Å². The summed E-state index contributed by atoms with van der Waals surface area (Å²) < 4.78 is 4.97. The topological polar surface area (TPSA) is 64.7 Å². The van der Waals surface area contributed by atoms with E-state index in [2.05, 4.69) is 4.99 Å². The second-order valence-corrected chi connectivity index (χ2v) is 4.99. The van der Waals surface area contributed by atoms with Crippen molar-refractivity contribution in [1.29, 1.82) is 0 Å². The van der Waals surface area contributed by atoms with Crippen LogP contribution in [0.5, 0.6) is 0 Å². The van der Waals surface area contributed by atoms with Crippen LogP contribution in [0.15, 0.2) is 17.1 Å². The van der Waals surface area contributed by atoms with E-state index in [0.29, 0.717) is 13.0 Å². The summed E-state index contributed by atoms with van der Waals surface area (Å²) in [5, 5.41) is 0. The fourth-order valence-corrected chi connectivity index (χ4v) is 2.13. The number of alkyl halides is 1. The maximum atomic E-state index is 10.7. The third-order valence-corrected chi connectivity index (χ3v) is 2.42. The van der Waals surface area contributed by atoms with Crippen molar-refractivity contribution in [2.75, 3.05) is 6.54 Å². The SMILES string of the molecule is CC(C)(CC1(Cl)C=CC=NC1)OC(N)=O. The molecule has 15 heavy (non-hydrogen) atoms. The minimum atomic E-state index is -0.788. The molecular formula is C10H15ClN2O2. The number of nitrogens with two attached hydrogens (primary N) is 1. The number of aliphatic imine (C=N–C) groups is 1.